The highest BCUT2D eigenvalue weighted by Crippen LogP contribution is 2.07. The lowest BCUT2D eigenvalue weighted by molar-refractivity contribution is 0.0420. The zero-order valence-corrected chi connectivity index (χ0v) is 13.3. The van der Waals surface area contributed by atoms with Crippen molar-refractivity contribution in [3.8, 4) is 0 Å². The largest absolute Gasteiger partial charge is 0.379 e. The quantitative estimate of drug-likeness (QED) is 0.431. The highest BCUT2D eigenvalue weighted by molar-refractivity contribution is 5.79. The zero-order chi connectivity index (χ0) is 15.5. The summed E-state index contributed by atoms with van der Waals surface area (Å²) in [7, 11) is 0. The Morgan fingerprint density at radius 2 is 2.41 bits per heavy atom. The van der Waals surface area contributed by atoms with Gasteiger partial charge in [-0.3, -0.25) is 4.98 Å². The number of aromatic nitrogens is 1. The van der Waals surface area contributed by atoms with Crippen molar-refractivity contribution in [2.75, 3.05) is 32.9 Å². The Balaban J connectivity index is 1.64. The monoisotopic (exact) mass is 306 g/mol. The molecule has 0 aliphatic carbocycles. The molecule has 1 aromatic rings. The van der Waals surface area contributed by atoms with Crippen molar-refractivity contribution in [1.82, 2.24) is 15.6 Å². The molecule has 0 radical (unpaired) electrons. The Morgan fingerprint density at radius 3 is 3.14 bits per heavy atom. The first-order chi connectivity index (χ1) is 10.9. The molecular formula is C16H26N4O2. The van der Waals surface area contributed by atoms with Crippen molar-refractivity contribution in [3.05, 3.63) is 30.1 Å². The van der Waals surface area contributed by atoms with E-state index in [0.29, 0.717) is 6.54 Å². The molecule has 1 fully saturated rings. The average molecular weight is 306 g/mol. The minimum Gasteiger partial charge on any atom is -0.379 e. The van der Waals surface area contributed by atoms with E-state index in [-0.39, 0.29) is 6.10 Å². The van der Waals surface area contributed by atoms with E-state index in [9.17, 15) is 0 Å². The van der Waals surface area contributed by atoms with Crippen LogP contribution in [0.1, 0.15) is 25.5 Å². The van der Waals surface area contributed by atoms with E-state index < -0.39 is 0 Å². The molecule has 1 aliphatic rings. The van der Waals surface area contributed by atoms with E-state index >= 15 is 0 Å². The molecule has 1 atom stereocenters. The lowest BCUT2D eigenvalue weighted by atomic mass is 10.3. The molecule has 1 saturated heterocycles. The zero-order valence-electron chi connectivity index (χ0n) is 13.3. The minimum absolute atomic E-state index is 0.283. The van der Waals surface area contributed by atoms with Gasteiger partial charge in [-0.25, -0.2) is 4.99 Å². The lowest BCUT2D eigenvalue weighted by Gasteiger charge is -2.12. The maximum absolute atomic E-state index is 5.74. The van der Waals surface area contributed by atoms with Crippen LogP contribution < -0.4 is 10.6 Å². The minimum atomic E-state index is 0.283. The number of nitrogens with one attached hydrogen (secondary N) is 2. The normalized spacial score (nSPS) is 18.4. The van der Waals surface area contributed by atoms with Crippen molar-refractivity contribution in [1.29, 1.82) is 0 Å². The van der Waals surface area contributed by atoms with Gasteiger partial charge in [0.25, 0.3) is 0 Å². The van der Waals surface area contributed by atoms with E-state index in [1.165, 1.54) is 0 Å². The van der Waals surface area contributed by atoms with Crippen molar-refractivity contribution in [2.24, 2.45) is 4.99 Å². The molecule has 2 heterocycles. The SMILES string of the molecule is CCNC(=NCc1ccccn1)NCCCOC1CCOC1. The first-order valence-corrected chi connectivity index (χ1v) is 8.00. The fourth-order valence-corrected chi connectivity index (χ4v) is 2.17. The Hall–Kier alpha value is -1.66. The second kappa shape index (κ2) is 10.1. The molecule has 0 aromatic carbocycles. The Bertz CT molecular complexity index is 433. The summed E-state index contributed by atoms with van der Waals surface area (Å²) in [5, 5.41) is 6.55. The summed E-state index contributed by atoms with van der Waals surface area (Å²) in [5.74, 6) is 0.817. The molecule has 6 heteroatoms. The second-order valence-corrected chi connectivity index (χ2v) is 5.15. The van der Waals surface area contributed by atoms with Gasteiger partial charge in [0.1, 0.15) is 0 Å². The van der Waals surface area contributed by atoms with E-state index in [2.05, 4.69) is 27.5 Å². The van der Waals surface area contributed by atoms with E-state index in [0.717, 1.165) is 57.4 Å². The average Bonchev–Trinajstić information content (AvgIpc) is 3.06. The number of pyridine rings is 1. The fourth-order valence-electron chi connectivity index (χ4n) is 2.17. The van der Waals surface area contributed by atoms with Crippen LogP contribution >= 0.6 is 0 Å². The topological polar surface area (TPSA) is 67.8 Å². The van der Waals surface area contributed by atoms with Crippen LogP contribution in [0.2, 0.25) is 0 Å². The summed E-state index contributed by atoms with van der Waals surface area (Å²) in [6, 6.07) is 5.86. The summed E-state index contributed by atoms with van der Waals surface area (Å²) >= 11 is 0. The second-order valence-electron chi connectivity index (χ2n) is 5.15. The number of guanidine groups is 1. The molecule has 0 spiro atoms. The fraction of sp³-hybridized carbons (Fsp3) is 0.625. The number of hydrogen-bond acceptors (Lipinski definition) is 4. The van der Waals surface area contributed by atoms with Crippen LogP contribution in [0.15, 0.2) is 29.4 Å². The standard InChI is InChI=1S/C16H26N4O2/c1-2-17-16(20-12-14-6-3-4-8-18-14)19-9-5-10-22-15-7-11-21-13-15/h3-4,6,8,15H,2,5,7,9-13H2,1H3,(H2,17,19,20). The summed E-state index contributed by atoms with van der Waals surface area (Å²) in [6.07, 6.45) is 4.03. The Kier molecular flexibility index (Phi) is 7.69. The number of aliphatic imine (C=N–C) groups is 1. The predicted molar refractivity (Wildman–Crippen MR) is 86.8 cm³/mol. The predicted octanol–water partition coefficient (Wildman–Crippen LogP) is 1.33. The maximum Gasteiger partial charge on any atom is 0.191 e. The molecule has 6 nitrogen and oxygen atoms in total. The van der Waals surface area contributed by atoms with E-state index in [4.69, 9.17) is 9.47 Å². The summed E-state index contributed by atoms with van der Waals surface area (Å²) in [4.78, 5) is 8.80. The highest BCUT2D eigenvalue weighted by atomic mass is 16.5. The molecule has 22 heavy (non-hydrogen) atoms. The number of ether oxygens (including phenoxy) is 2. The van der Waals surface area contributed by atoms with Crippen molar-refractivity contribution in [2.45, 2.75) is 32.4 Å². The first kappa shape index (κ1) is 16.7. The smallest absolute Gasteiger partial charge is 0.191 e. The molecule has 2 N–H and O–H groups in total. The third-order valence-electron chi connectivity index (χ3n) is 3.32. The van der Waals surface area contributed by atoms with Crippen LogP contribution in [0.5, 0.6) is 0 Å². The van der Waals surface area contributed by atoms with Gasteiger partial charge in [0, 0.05) is 32.5 Å². The van der Waals surface area contributed by atoms with Gasteiger partial charge in [-0.1, -0.05) is 6.07 Å². The molecule has 122 valence electrons. The van der Waals surface area contributed by atoms with Crippen LogP contribution in [0, 0.1) is 0 Å². The Labute approximate surface area is 132 Å². The van der Waals surface area contributed by atoms with Crippen LogP contribution in [-0.2, 0) is 16.0 Å². The number of rotatable bonds is 8. The van der Waals surface area contributed by atoms with Gasteiger partial charge in [0.05, 0.1) is 24.9 Å². The molecule has 1 aliphatic heterocycles. The molecule has 0 saturated carbocycles. The number of hydrogen-bond donors (Lipinski definition) is 2. The lowest BCUT2D eigenvalue weighted by Crippen LogP contribution is -2.38. The van der Waals surface area contributed by atoms with Crippen LogP contribution in [-0.4, -0.2) is 50.0 Å². The molecule has 1 aromatic heterocycles. The summed E-state index contributed by atoms with van der Waals surface area (Å²) in [6.45, 7) is 6.62. The van der Waals surface area contributed by atoms with Gasteiger partial charge < -0.3 is 20.1 Å². The van der Waals surface area contributed by atoms with E-state index in [1.54, 1.807) is 6.20 Å². The Morgan fingerprint density at radius 1 is 1.45 bits per heavy atom. The molecular weight excluding hydrogens is 280 g/mol. The molecule has 0 bridgehead atoms. The van der Waals surface area contributed by atoms with Crippen LogP contribution in [0.3, 0.4) is 0 Å². The van der Waals surface area contributed by atoms with Gasteiger partial charge >= 0.3 is 0 Å². The van der Waals surface area contributed by atoms with Gasteiger partial charge in [0.2, 0.25) is 0 Å². The highest BCUT2D eigenvalue weighted by Gasteiger charge is 2.15. The van der Waals surface area contributed by atoms with Crippen molar-refractivity contribution < 1.29 is 9.47 Å². The maximum atomic E-state index is 5.74. The van der Waals surface area contributed by atoms with E-state index in [1.807, 2.05) is 18.2 Å². The van der Waals surface area contributed by atoms with Gasteiger partial charge in [0.15, 0.2) is 5.96 Å². The van der Waals surface area contributed by atoms with Crippen LogP contribution in [0.25, 0.3) is 0 Å². The van der Waals surface area contributed by atoms with Gasteiger partial charge in [-0.05, 0) is 31.9 Å². The summed E-state index contributed by atoms with van der Waals surface area (Å²) in [5.41, 5.74) is 0.962. The van der Waals surface area contributed by atoms with Crippen molar-refractivity contribution in [3.63, 3.8) is 0 Å². The molecule has 2 rings (SSSR count). The van der Waals surface area contributed by atoms with Gasteiger partial charge in [-0.2, -0.15) is 0 Å². The number of nitrogens with zero attached hydrogens (tertiary/aromatic N) is 2. The molecule has 1 unspecified atom stereocenters. The molecule has 0 amide bonds. The van der Waals surface area contributed by atoms with Gasteiger partial charge in [-0.15, -0.1) is 0 Å². The summed E-state index contributed by atoms with van der Waals surface area (Å²) < 4.78 is 11.0. The third-order valence-corrected chi connectivity index (χ3v) is 3.32. The van der Waals surface area contributed by atoms with Crippen LogP contribution in [0.4, 0.5) is 0 Å². The van der Waals surface area contributed by atoms with Crippen molar-refractivity contribution >= 4 is 5.96 Å². The first-order valence-electron chi connectivity index (χ1n) is 8.00. The third kappa shape index (κ3) is 6.41.